The molecule has 0 spiro atoms. The molecule has 0 aliphatic carbocycles. The molecule has 3 aromatic rings. The lowest BCUT2D eigenvalue weighted by molar-refractivity contribution is 0.411. The van der Waals surface area contributed by atoms with Crippen LogP contribution in [0, 0.1) is 11.6 Å². The second kappa shape index (κ2) is 5.44. The molecule has 0 bridgehead atoms. The van der Waals surface area contributed by atoms with E-state index in [0.717, 1.165) is 12.1 Å². The molecule has 1 heterocycles. The molecule has 0 unspecified atom stereocenters. The smallest absolute Gasteiger partial charge is 0.159 e. The van der Waals surface area contributed by atoms with Gasteiger partial charge in [-0.25, -0.2) is 13.5 Å². The number of methoxy groups -OCH3 is 1. The van der Waals surface area contributed by atoms with Crippen LogP contribution in [0.15, 0.2) is 42.6 Å². The highest BCUT2D eigenvalue weighted by molar-refractivity contribution is 5.60. The minimum absolute atomic E-state index is 0.406. The molecule has 112 valence electrons. The third kappa shape index (κ3) is 2.48. The fourth-order valence-electron chi connectivity index (χ4n) is 2.06. The Kier molecular flexibility index (Phi) is 3.46. The van der Waals surface area contributed by atoms with Crippen LogP contribution in [0.1, 0.15) is 0 Å². The van der Waals surface area contributed by atoms with Crippen molar-refractivity contribution in [3.63, 3.8) is 0 Å². The molecule has 7 heteroatoms. The van der Waals surface area contributed by atoms with Gasteiger partial charge in [-0.05, 0) is 36.4 Å². The van der Waals surface area contributed by atoms with Crippen LogP contribution in [-0.4, -0.2) is 22.1 Å². The molecule has 0 atom stereocenters. The molecule has 0 saturated carbocycles. The van der Waals surface area contributed by atoms with Crippen LogP contribution >= 0.6 is 0 Å². The first-order valence-corrected chi connectivity index (χ1v) is 6.40. The van der Waals surface area contributed by atoms with Crippen LogP contribution in [0.5, 0.6) is 5.75 Å². The summed E-state index contributed by atoms with van der Waals surface area (Å²) in [5.74, 6) is -1.28. The number of hydrogen-bond acceptors (Lipinski definition) is 4. The number of benzene rings is 2. The molecular formula is C15H12F2N4O. The Balaban J connectivity index is 2.04. The molecule has 2 N–H and O–H groups in total. The van der Waals surface area contributed by atoms with Crippen LogP contribution in [0.25, 0.3) is 16.9 Å². The van der Waals surface area contributed by atoms with Gasteiger partial charge in [-0.3, -0.25) is 0 Å². The summed E-state index contributed by atoms with van der Waals surface area (Å²) in [5.41, 5.74) is 7.74. The minimum Gasteiger partial charge on any atom is -0.494 e. The molecule has 0 radical (unpaired) electrons. The van der Waals surface area contributed by atoms with Crippen molar-refractivity contribution < 1.29 is 13.5 Å². The normalized spacial score (nSPS) is 10.7. The van der Waals surface area contributed by atoms with E-state index in [0.29, 0.717) is 28.4 Å². The van der Waals surface area contributed by atoms with E-state index < -0.39 is 11.6 Å². The summed E-state index contributed by atoms with van der Waals surface area (Å²) in [4.78, 5) is 0. The molecular weight excluding hydrogens is 290 g/mol. The van der Waals surface area contributed by atoms with Gasteiger partial charge in [0.15, 0.2) is 11.6 Å². The number of nitrogens with zero attached hydrogens (tertiary/aromatic N) is 3. The van der Waals surface area contributed by atoms with Crippen LogP contribution < -0.4 is 10.5 Å². The van der Waals surface area contributed by atoms with Crippen molar-refractivity contribution >= 4 is 5.69 Å². The summed E-state index contributed by atoms with van der Waals surface area (Å²) in [6, 6.07) is 8.65. The molecule has 0 aliphatic rings. The first kappa shape index (κ1) is 14.0. The monoisotopic (exact) mass is 302 g/mol. The molecule has 1 aromatic heterocycles. The number of halogens is 2. The van der Waals surface area contributed by atoms with Crippen molar-refractivity contribution in [3.8, 4) is 22.7 Å². The second-order valence-corrected chi connectivity index (χ2v) is 4.61. The van der Waals surface area contributed by atoms with Crippen LogP contribution in [0.3, 0.4) is 0 Å². The Morgan fingerprint density at radius 2 is 1.91 bits per heavy atom. The number of ether oxygens (including phenoxy) is 1. The third-order valence-electron chi connectivity index (χ3n) is 3.16. The van der Waals surface area contributed by atoms with Gasteiger partial charge in [0.25, 0.3) is 0 Å². The molecule has 0 amide bonds. The Morgan fingerprint density at radius 3 is 2.64 bits per heavy atom. The van der Waals surface area contributed by atoms with Gasteiger partial charge in [-0.2, -0.15) is 0 Å². The number of nitrogen functional groups attached to an aromatic ring is 1. The fraction of sp³-hybridized carbons (Fsp3) is 0.0667. The van der Waals surface area contributed by atoms with E-state index in [9.17, 15) is 8.78 Å². The zero-order valence-corrected chi connectivity index (χ0v) is 11.6. The van der Waals surface area contributed by atoms with Gasteiger partial charge in [-0.1, -0.05) is 5.21 Å². The average molecular weight is 302 g/mol. The zero-order chi connectivity index (χ0) is 15.7. The predicted molar refractivity (Wildman–Crippen MR) is 77.7 cm³/mol. The standard InChI is InChI=1S/C15H12F2N4O/c1-22-15-5-3-10(18)7-14(15)21-8-13(19-20-21)9-2-4-11(16)12(17)6-9/h2-8H,18H2,1H3. The number of aromatic nitrogens is 3. The van der Waals surface area contributed by atoms with E-state index >= 15 is 0 Å². The molecule has 0 saturated heterocycles. The lowest BCUT2D eigenvalue weighted by Gasteiger charge is -2.08. The number of rotatable bonds is 3. The maximum atomic E-state index is 13.3. The maximum Gasteiger partial charge on any atom is 0.159 e. The van der Waals surface area contributed by atoms with Crippen LogP contribution in [0.4, 0.5) is 14.5 Å². The second-order valence-electron chi connectivity index (χ2n) is 4.61. The number of hydrogen-bond donors (Lipinski definition) is 1. The third-order valence-corrected chi connectivity index (χ3v) is 3.16. The van der Waals surface area contributed by atoms with Gasteiger partial charge < -0.3 is 10.5 Å². The van der Waals surface area contributed by atoms with E-state index in [1.54, 1.807) is 24.4 Å². The van der Waals surface area contributed by atoms with Crippen LogP contribution in [0.2, 0.25) is 0 Å². The summed E-state index contributed by atoms with van der Waals surface area (Å²) >= 11 is 0. The Morgan fingerprint density at radius 1 is 1.09 bits per heavy atom. The largest absolute Gasteiger partial charge is 0.494 e. The Labute approximate surface area is 124 Å². The average Bonchev–Trinajstić information content (AvgIpc) is 3.00. The highest BCUT2D eigenvalue weighted by Gasteiger charge is 2.11. The maximum absolute atomic E-state index is 13.3. The predicted octanol–water partition coefficient (Wildman–Crippen LogP) is 2.80. The molecule has 3 rings (SSSR count). The minimum atomic E-state index is -0.936. The van der Waals surface area contributed by atoms with Gasteiger partial charge in [0, 0.05) is 11.3 Å². The highest BCUT2D eigenvalue weighted by Crippen LogP contribution is 2.26. The van der Waals surface area contributed by atoms with E-state index in [4.69, 9.17) is 10.5 Å². The topological polar surface area (TPSA) is 66.0 Å². The molecule has 0 aliphatic heterocycles. The van der Waals surface area contributed by atoms with Crippen molar-refractivity contribution in [1.82, 2.24) is 15.0 Å². The molecule has 0 fully saturated rings. The summed E-state index contributed by atoms with van der Waals surface area (Å²) < 4.78 is 33.0. The molecule has 22 heavy (non-hydrogen) atoms. The van der Waals surface area contributed by atoms with E-state index in [2.05, 4.69) is 10.3 Å². The number of nitrogens with two attached hydrogens (primary N) is 1. The van der Waals surface area contributed by atoms with Crippen LogP contribution in [-0.2, 0) is 0 Å². The quantitative estimate of drug-likeness (QED) is 0.756. The van der Waals surface area contributed by atoms with Crippen molar-refractivity contribution in [1.29, 1.82) is 0 Å². The summed E-state index contributed by atoms with van der Waals surface area (Å²) in [7, 11) is 1.53. The summed E-state index contributed by atoms with van der Waals surface area (Å²) in [5, 5.41) is 7.95. The molecule has 2 aromatic carbocycles. The Bertz CT molecular complexity index is 832. The van der Waals surface area contributed by atoms with E-state index in [-0.39, 0.29) is 0 Å². The van der Waals surface area contributed by atoms with Gasteiger partial charge in [0.2, 0.25) is 0 Å². The lowest BCUT2D eigenvalue weighted by Crippen LogP contribution is -2.00. The highest BCUT2D eigenvalue weighted by atomic mass is 19.2. The van der Waals surface area contributed by atoms with E-state index in [1.165, 1.54) is 17.9 Å². The summed E-state index contributed by atoms with van der Waals surface area (Å²) in [6.07, 6.45) is 1.59. The van der Waals surface area contributed by atoms with Gasteiger partial charge in [0.05, 0.1) is 13.3 Å². The Hall–Kier alpha value is -2.96. The lowest BCUT2D eigenvalue weighted by atomic mass is 10.1. The van der Waals surface area contributed by atoms with E-state index in [1.807, 2.05) is 0 Å². The fourth-order valence-corrected chi connectivity index (χ4v) is 2.06. The van der Waals surface area contributed by atoms with Crippen molar-refractivity contribution in [2.75, 3.05) is 12.8 Å². The van der Waals surface area contributed by atoms with Gasteiger partial charge >= 0.3 is 0 Å². The zero-order valence-electron chi connectivity index (χ0n) is 11.6. The van der Waals surface area contributed by atoms with Gasteiger partial charge in [-0.15, -0.1) is 5.10 Å². The van der Waals surface area contributed by atoms with Crippen molar-refractivity contribution in [2.45, 2.75) is 0 Å². The van der Waals surface area contributed by atoms with Crippen molar-refractivity contribution in [2.24, 2.45) is 0 Å². The summed E-state index contributed by atoms with van der Waals surface area (Å²) in [6.45, 7) is 0. The van der Waals surface area contributed by atoms with Gasteiger partial charge in [0.1, 0.15) is 17.1 Å². The number of anilines is 1. The van der Waals surface area contributed by atoms with Crippen molar-refractivity contribution in [3.05, 3.63) is 54.2 Å². The first-order chi connectivity index (χ1) is 10.6. The molecule has 5 nitrogen and oxygen atoms in total. The SMILES string of the molecule is COc1ccc(N)cc1-n1cc(-c2ccc(F)c(F)c2)nn1. The first-order valence-electron chi connectivity index (χ1n) is 6.40.